The van der Waals surface area contributed by atoms with Crippen LogP contribution in [0.1, 0.15) is 23.1 Å². The van der Waals surface area contributed by atoms with Gasteiger partial charge in [0.25, 0.3) is 0 Å². The third-order valence-corrected chi connectivity index (χ3v) is 4.01. The van der Waals surface area contributed by atoms with Crippen molar-refractivity contribution in [2.24, 2.45) is 4.99 Å². The van der Waals surface area contributed by atoms with Gasteiger partial charge in [-0.3, -0.25) is 0 Å². The molecule has 0 radical (unpaired) electrons. The Hall–Kier alpha value is -2.95. The van der Waals surface area contributed by atoms with Crippen molar-refractivity contribution in [1.82, 2.24) is 0 Å². The van der Waals surface area contributed by atoms with Crippen LogP contribution in [0.2, 0.25) is 0 Å². The summed E-state index contributed by atoms with van der Waals surface area (Å²) in [5, 5.41) is 0. The van der Waals surface area contributed by atoms with Crippen molar-refractivity contribution in [3.8, 4) is 5.75 Å². The first kappa shape index (κ1) is 16.9. The van der Waals surface area contributed by atoms with Crippen molar-refractivity contribution in [2.75, 3.05) is 7.11 Å². The van der Waals surface area contributed by atoms with E-state index in [4.69, 9.17) is 9.47 Å². The van der Waals surface area contributed by atoms with E-state index in [1.54, 1.807) is 6.07 Å². The number of hydrogen-bond donors (Lipinski definition) is 0. The third kappa shape index (κ3) is 3.94. The van der Waals surface area contributed by atoms with Crippen molar-refractivity contribution in [1.29, 1.82) is 0 Å². The van der Waals surface area contributed by atoms with Gasteiger partial charge >= 0.3 is 5.97 Å². The topological polar surface area (TPSA) is 47.9 Å². The average Bonchev–Trinajstić information content (AvgIpc) is 2.94. The van der Waals surface area contributed by atoms with Gasteiger partial charge in [0.15, 0.2) is 23.2 Å². The maximum atomic E-state index is 13.7. The van der Waals surface area contributed by atoms with Crippen LogP contribution in [0, 0.1) is 12.7 Å². The minimum Gasteiger partial charge on any atom is -0.494 e. The van der Waals surface area contributed by atoms with Crippen LogP contribution in [0.15, 0.2) is 53.2 Å². The van der Waals surface area contributed by atoms with Crippen LogP contribution in [0.3, 0.4) is 0 Å². The van der Waals surface area contributed by atoms with Crippen molar-refractivity contribution in [3.05, 3.63) is 70.7 Å². The quantitative estimate of drug-likeness (QED) is 0.609. The first-order chi connectivity index (χ1) is 12.1. The Kier molecular flexibility index (Phi) is 4.93. The van der Waals surface area contributed by atoms with Gasteiger partial charge in [0, 0.05) is 6.42 Å². The molecule has 0 saturated carbocycles. The van der Waals surface area contributed by atoms with Crippen LogP contribution >= 0.6 is 0 Å². The Morgan fingerprint density at radius 3 is 2.72 bits per heavy atom. The summed E-state index contributed by atoms with van der Waals surface area (Å²) in [6.45, 7) is 2.04. The van der Waals surface area contributed by atoms with Gasteiger partial charge in [-0.2, -0.15) is 0 Å². The lowest BCUT2D eigenvalue weighted by molar-refractivity contribution is -0.130. The largest absolute Gasteiger partial charge is 0.494 e. The van der Waals surface area contributed by atoms with Crippen LogP contribution in [0.4, 0.5) is 4.39 Å². The molecule has 0 spiro atoms. The molecule has 1 aliphatic heterocycles. The zero-order valence-corrected chi connectivity index (χ0v) is 14.1. The smallest absolute Gasteiger partial charge is 0.363 e. The highest BCUT2D eigenvalue weighted by atomic mass is 19.1. The second kappa shape index (κ2) is 7.30. The summed E-state index contributed by atoms with van der Waals surface area (Å²) in [6.07, 6.45) is 2.78. The van der Waals surface area contributed by atoms with E-state index in [1.807, 2.05) is 31.2 Å². The molecule has 0 amide bonds. The molecule has 0 bridgehead atoms. The summed E-state index contributed by atoms with van der Waals surface area (Å²) < 4.78 is 23.8. The van der Waals surface area contributed by atoms with Gasteiger partial charge < -0.3 is 9.47 Å². The normalized spacial score (nSPS) is 15.2. The molecule has 3 rings (SSSR count). The maximum Gasteiger partial charge on any atom is 0.363 e. The fourth-order valence-electron chi connectivity index (χ4n) is 2.62. The number of aliphatic imine (C=N–C) groups is 1. The van der Waals surface area contributed by atoms with Gasteiger partial charge in [0.05, 0.1) is 7.11 Å². The van der Waals surface area contributed by atoms with Crippen LogP contribution in [0.25, 0.3) is 6.08 Å². The lowest BCUT2D eigenvalue weighted by Gasteiger charge is -2.04. The predicted octanol–water partition coefficient (Wildman–Crippen LogP) is 4.07. The van der Waals surface area contributed by atoms with Crippen molar-refractivity contribution in [2.45, 2.75) is 19.8 Å². The number of carbonyl (C=O) groups excluding carboxylic acids is 1. The second-order valence-electron chi connectivity index (χ2n) is 5.75. The van der Waals surface area contributed by atoms with Crippen molar-refractivity contribution >= 4 is 17.9 Å². The molecule has 1 aliphatic rings. The molecule has 2 aromatic carbocycles. The number of esters is 1. The van der Waals surface area contributed by atoms with E-state index in [2.05, 4.69) is 4.99 Å². The Labute approximate surface area is 145 Å². The number of carbonyl (C=O) groups is 1. The minimum atomic E-state index is -0.518. The van der Waals surface area contributed by atoms with Crippen molar-refractivity contribution < 1.29 is 18.7 Å². The summed E-state index contributed by atoms with van der Waals surface area (Å²) in [5.41, 5.74) is 3.08. The number of methoxy groups -OCH3 is 1. The number of cyclic esters (lactones) is 1. The molecule has 128 valence electrons. The highest BCUT2D eigenvalue weighted by Gasteiger charge is 2.22. The van der Waals surface area contributed by atoms with E-state index >= 15 is 0 Å². The summed E-state index contributed by atoms with van der Waals surface area (Å²) >= 11 is 0. The van der Waals surface area contributed by atoms with E-state index in [1.165, 1.54) is 36.4 Å². The zero-order chi connectivity index (χ0) is 17.8. The molecular formula is C20H18FNO3. The van der Waals surface area contributed by atoms with Crippen LogP contribution in [-0.4, -0.2) is 19.0 Å². The molecule has 4 nitrogen and oxygen atoms in total. The van der Waals surface area contributed by atoms with E-state index in [0.29, 0.717) is 17.9 Å². The second-order valence-corrected chi connectivity index (χ2v) is 5.75. The number of nitrogens with zero attached hydrogens (tertiary/aromatic N) is 1. The molecule has 0 aromatic heterocycles. The molecule has 2 aromatic rings. The lowest BCUT2D eigenvalue weighted by atomic mass is 10.0. The fraction of sp³-hybridized carbons (Fsp3) is 0.200. The van der Waals surface area contributed by atoms with Crippen LogP contribution in [0.5, 0.6) is 5.75 Å². The third-order valence-electron chi connectivity index (χ3n) is 4.01. The fourth-order valence-corrected chi connectivity index (χ4v) is 2.62. The number of benzene rings is 2. The van der Waals surface area contributed by atoms with E-state index in [0.717, 1.165) is 6.42 Å². The zero-order valence-electron chi connectivity index (χ0n) is 14.1. The Morgan fingerprint density at radius 2 is 2.00 bits per heavy atom. The number of ether oxygens (including phenoxy) is 2. The molecule has 0 unspecified atom stereocenters. The molecule has 0 N–H and O–H groups in total. The summed E-state index contributed by atoms with van der Waals surface area (Å²) in [4.78, 5) is 16.2. The molecule has 1 heterocycles. The number of rotatable bonds is 5. The average molecular weight is 339 g/mol. The first-order valence-corrected chi connectivity index (χ1v) is 7.96. The summed E-state index contributed by atoms with van der Waals surface area (Å²) in [5.74, 6) is -0.477. The highest BCUT2D eigenvalue weighted by Crippen LogP contribution is 2.22. The molecule has 0 atom stereocenters. The van der Waals surface area contributed by atoms with Crippen LogP contribution < -0.4 is 4.74 Å². The standard InChI is InChI=1S/C20H18FNO3/c1-13-5-3-4-6-15(13)8-10-19-22-17(20(23)25-19)12-14-7-9-18(24-2)16(21)11-14/h3-7,9,11-12H,8,10H2,1-2H3/b17-12+. The Morgan fingerprint density at radius 1 is 1.20 bits per heavy atom. The maximum absolute atomic E-state index is 13.7. The lowest BCUT2D eigenvalue weighted by Crippen LogP contribution is -2.05. The number of aryl methyl sites for hydroxylation is 2. The molecule has 0 fully saturated rings. The Balaban J connectivity index is 1.73. The Bertz CT molecular complexity index is 871. The molecular weight excluding hydrogens is 321 g/mol. The number of hydrogen-bond acceptors (Lipinski definition) is 4. The van der Waals surface area contributed by atoms with Gasteiger partial charge in [-0.1, -0.05) is 30.3 Å². The molecule has 0 saturated heterocycles. The van der Waals surface area contributed by atoms with Crippen LogP contribution in [-0.2, 0) is 16.0 Å². The predicted molar refractivity (Wildman–Crippen MR) is 94.0 cm³/mol. The van der Waals surface area contributed by atoms with Gasteiger partial charge in [0.2, 0.25) is 0 Å². The first-order valence-electron chi connectivity index (χ1n) is 7.96. The highest BCUT2D eigenvalue weighted by molar-refractivity contribution is 6.07. The van der Waals surface area contributed by atoms with E-state index in [9.17, 15) is 9.18 Å². The summed E-state index contributed by atoms with van der Waals surface area (Å²) in [7, 11) is 1.40. The molecule has 25 heavy (non-hydrogen) atoms. The summed E-state index contributed by atoms with van der Waals surface area (Å²) in [6, 6.07) is 12.5. The minimum absolute atomic E-state index is 0.151. The monoisotopic (exact) mass is 339 g/mol. The van der Waals surface area contributed by atoms with Gasteiger partial charge in [-0.15, -0.1) is 0 Å². The van der Waals surface area contributed by atoms with Gasteiger partial charge in [0.1, 0.15) is 0 Å². The van der Waals surface area contributed by atoms with Gasteiger partial charge in [-0.25, -0.2) is 14.2 Å². The molecule has 5 heteroatoms. The van der Waals surface area contributed by atoms with Crippen molar-refractivity contribution in [3.63, 3.8) is 0 Å². The van der Waals surface area contributed by atoms with E-state index < -0.39 is 11.8 Å². The van der Waals surface area contributed by atoms with E-state index in [-0.39, 0.29) is 11.4 Å². The van der Waals surface area contributed by atoms with Gasteiger partial charge in [-0.05, 0) is 48.2 Å². The SMILES string of the molecule is COc1ccc(/C=C2/N=C(CCc3ccccc3C)OC2=O)cc1F. The number of halogens is 1. The molecule has 0 aliphatic carbocycles.